The number of amides is 1. The molecule has 0 aliphatic rings. The summed E-state index contributed by atoms with van der Waals surface area (Å²) in [5, 5.41) is 0. The Balaban J connectivity index is 2.23. The zero-order valence-corrected chi connectivity index (χ0v) is 17.1. The topological polar surface area (TPSA) is 66.5 Å². The standard InChI is InChI=1S/C21H28N2O3S/c1-4-6-14-23(5-2)21(24)19-13-12-17(3)20(15-19)27(25,26)22-16-18-10-8-7-9-11-18/h7-13,15,22H,4-6,14,16H2,1-3H3. The third-order valence-electron chi connectivity index (χ3n) is 4.48. The third-order valence-corrected chi connectivity index (χ3v) is 6.03. The summed E-state index contributed by atoms with van der Waals surface area (Å²) in [6, 6.07) is 14.2. The zero-order valence-electron chi connectivity index (χ0n) is 16.2. The molecule has 0 spiro atoms. The summed E-state index contributed by atoms with van der Waals surface area (Å²) in [6.07, 6.45) is 1.93. The van der Waals surface area contributed by atoms with E-state index in [4.69, 9.17) is 0 Å². The number of aryl methyl sites for hydroxylation is 1. The van der Waals surface area contributed by atoms with Crippen molar-refractivity contribution in [2.45, 2.75) is 45.1 Å². The minimum atomic E-state index is -3.72. The molecule has 0 radical (unpaired) electrons. The molecule has 1 N–H and O–H groups in total. The first-order chi connectivity index (χ1) is 12.9. The molecule has 0 aromatic heterocycles. The lowest BCUT2D eigenvalue weighted by Crippen LogP contribution is -2.32. The van der Waals surface area contributed by atoms with E-state index in [2.05, 4.69) is 11.6 Å². The van der Waals surface area contributed by atoms with Gasteiger partial charge in [-0.05, 0) is 43.5 Å². The van der Waals surface area contributed by atoms with E-state index in [1.54, 1.807) is 24.0 Å². The van der Waals surface area contributed by atoms with Gasteiger partial charge >= 0.3 is 0 Å². The largest absolute Gasteiger partial charge is 0.339 e. The molecule has 0 aliphatic heterocycles. The SMILES string of the molecule is CCCCN(CC)C(=O)c1ccc(C)c(S(=O)(=O)NCc2ccccc2)c1. The van der Waals surface area contributed by atoms with Crippen molar-refractivity contribution >= 4 is 15.9 Å². The average Bonchev–Trinajstić information content (AvgIpc) is 2.68. The van der Waals surface area contributed by atoms with Crippen molar-refractivity contribution in [1.29, 1.82) is 0 Å². The maximum Gasteiger partial charge on any atom is 0.253 e. The Morgan fingerprint density at radius 2 is 1.78 bits per heavy atom. The monoisotopic (exact) mass is 388 g/mol. The first kappa shape index (κ1) is 21.1. The van der Waals surface area contributed by atoms with Crippen molar-refractivity contribution in [3.05, 3.63) is 65.2 Å². The molecule has 5 nitrogen and oxygen atoms in total. The highest BCUT2D eigenvalue weighted by atomic mass is 32.2. The molecular formula is C21H28N2O3S. The predicted molar refractivity (Wildman–Crippen MR) is 108 cm³/mol. The van der Waals surface area contributed by atoms with Crippen molar-refractivity contribution in [2.24, 2.45) is 0 Å². The highest BCUT2D eigenvalue weighted by molar-refractivity contribution is 7.89. The van der Waals surface area contributed by atoms with Crippen LogP contribution >= 0.6 is 0 Å². The lowest BCUT2D eigenvalue weighted by atomic mass is 10.1. The minimum Gasteiger partial charge on any atom is -0.339 e. The number of nitrogens with zero attached hydrogens (tertiary/aromatic N) is 1. The van der Waals surface area contributed by atoms with Gasteiger partial charge in [-0.2, -0.15) is 0 Å². The number of carbonyl (C=O) groups is 1. The van der Waals surface area contributed by atoms with E-state index in [1.807, 2.05) is 37.3 Å². The van der Waals surface area contributed by atoms with E-state index in [1.165, 1.54) is 6.07 Å². The lowest BCUT2D eigenvalue weighted by Gasteiger charge is -2.21. The Kier molecular flexibility index (Phi) is 7.56. The number of sulfonamides is 1. The van der Waals surface area contributed by atoms with Crippen LogP contribution in [0.15, 0.2) is 53.4 Å². The van der Waals surface area contributed by atoms with Gasteiger partial charge in [0.25, 0.3) is 5.91 Å². The van der Waals surface area contributed by atoms with Gasteiger partial charge in [-0.3, -0.25) is 4.79 Å². The summed E-state index contributed by atoms with van der Waals surface area (Å²) in [5.74, 6) is -0.134. The molecular weight excluding hydrogens is 360 g/mol. The lowest BCUT2D eigenvalue weighted by molar-refractivity contribution is 0.0762. The Morgan fingerprint density at radius 3 is 2.41 bits per heavy atom. The fourth-order valence-corrected chi connectivity index (χ4v) is 4.10. The van der Waals surface area contributed by atoms with E-state index < -0.39 is 10.0 Å². The summed E-state index contributed by atoms with van der Waals surface area (Å²) in [4.78, 5) is 14.7. The van der Waals surface area contributed by atoms with Crippen LogP contribution in [-0.4, -0.2) is 32.3 Å². The van der Waals surface area contributed by atoms with Crippen LogP contribution in [0.3, 0.4) is 0 Å². The number of rotatable bonds is 9. The summed E-state index contributed by atoms with van der Waals surface area (Å²) < 4.78 is 28.2. The smallest absolute Gasteiger partial charge is 0.253 e. The highest BCUT2D eigenvalue weighted by Gasteiger charge is 2.21. The number of unbranched alkanes of at least 4 members (excludes halogenated alkanes) is 1. The second kappa shape index (κ2) is 9.67. The van der Waals surface area contributed by atoms with Gasteiger partial charge < -0.3 is 4.90 Å². The predicted octanol–water partition coefficient (Wildman–Crippen LogP) is 3.74. The molecule has 2 aromatic carbocycles. The summed E-state index contributed by atoms with van der Waals surface area (Å²) >= 11 is 0. The van der Waals surface area contributed by atoms with Gasteiger partial charge in [0.05, 0.1) is 4.90 Å². The van der Waals surface area contributed by atoms with Crippen LogP contribution in [0.1, 0.15) is 48.2 Å². The van der Waals surface area contributed by atoms with E-state index >= 15 is 0 Å². The number of hydrogen-bond acceptors (Lipinski definition) is 3. The molecule has 6 heteroatoms. The first-order valence-corrected chi connectivity index (χ1v) is 10.8. The fraction of sp³-hybridized carbons (Fsp3) is 0.381. The molecule has 0 unspecified atom stereocenters. The Hall–Kier alpha value is -2.18. The molecule has 146 valence electrons. The van der Waals surface area contributed by atoms with Crippen molar-refractivity contribution in [3.8, 4) is 0 Å². The number of nitrogens with one attached hydrogen (secondary N) is 1. The average molecular weight is 389 g/mol. The molecule has 0 saturated carbocycles. The van der Waals surface area contributed by atoms with Gasteiger partial charge in [0.15, 0.2) is 0 Å². The molecule has 2 rings (SSSR count). The van der Waals surface area contributed by atoms with Crippen molar-refractivity contribution in [1.82, 2.24) is 9.62 Å². The summed E-state index contributed by atoms with van der Waals surface area (Å²) in [6.45, 7) is 7.22. The van der Waals surface area contributed by atoms with Gasteiger partial charge in [0.1, 0.15) is 0 Å². The van der Waals surface area contributed by atoms with Crippen LogP contribution in [0.25, 0.3) is 0 Å². The third kappa shape index (κ3) is 5.65. The number of benzene rings is 2. The van der Waals surface area contributed by atoms with E-state index in [0.29, 0.717) is 24.2 Å². The normalized spacial score (nSPS) is 11.4. The van der Waals surface area contributed by atoms with Crippen LogP contribution in [0.4, 0.5) is 0 Å². The van der Waals surface area contributed by atoms with Gasteiger partial charge in [0, 0.05) is 25.2 Å². The molecule has 2 aromatic rings. The molecule has 0 saturated heterocycles. The molecule has 0 fully saturated rings. The Labute approximate surface area is 162 Å². The Bertz CT molecular complexity index is 864. The second-order valence-corrected chi connectivity index (χ2v) is 8.26. The van der Waals surface area contributed by atoms with Gasteiger partial charge in [-0.25, -0.2) is 13.1 Å². The van der Waals surface area contributed by atoms with Crippen molar-refractivity contribution < 1.29 is 13.2 Å². The maximum atomic E-state index is 12.8. The summed E-state index contributed by atoms with van der Waals surface area (Å²) in [5.41, 5.74) is 1.89. The van der Waals surface area contributed by atoms with E-state index in [9.17, 15) is 13.2 Å². The van der Waals surface area contributed by atoms with Crippen LogP contribution in [-0.2, 0) is 16.6 Å². The second-order valence-electron chi connectivity index (χ2n) is 6.53. The Morgan fingerprint density at radius 1 is 1.07 bits per heavy atom. The molecule has 0 aliphatic carbocycles. The van der Waals surface area contributed by atoms with Crippen LogP contribution in [0.5, 0.6) is 0 Å². The van der Waals surface area contributed by atoms with Crippen molar-refractivity contribution in [2.75, 3.05) is 13.1 Å². The fourth-order valence-electron chi connectivity index (χ4n) is 2.81. The minimum absolute atomic E-state index is 0.134. The van der Waals surface area contributed by atoms with Gasteiger partial charge in [-0.1, -0.05) is 49.7 Å². The highest BCUT2D eigenvalue weighted by Crippen LogP contribution is 2.19. The van der Waals surface area contributed by atoms with Crippen LogP contribution in [0, 0.1) is 6.92 Å². The van der Waals surface area contributed by atoms with Gasteiger partial charge in [-0.15, -0.1) is 0 Å². The maximum absolute atomic E-state index is 12.8. The van der Waals surface area contributed by atoms with Crippen LogP contribution < -0.4 is 4.72 Å². The molecule has 1 amide bonds. The molecule has 0 heterocycles. The summed E-state index contributed by atoms with van der Waals surface area (Å²) in [7, 11) is -3.72. The van der Waals surface area contributed by atoms with Gasteiger partial charge in [0.2, 0.25) is 10.0 Å². The molecule has 0 bridgehead atoms. The number of hydrogen-bond donors (Lipinski definition) is 1. The quantitative estimate of drug-likeness (QED) is 0.712. The first-order valence-electron chi connectivity index (χ1n) is 9.32. The molecule has 0 atom stereocenters. The van der Waals surface area contributed by atoms with E-state index in [0.717, 1.165) is 18.4 Å². The molecule has 27 heavy (non-hydrogen) atoms. The zero-order chi connectivity index (χ0) is 19.9. The van der Waals surface area contributed by atoms with E-state index in [-0.39, 0.29) is 17.3 Å². The van der Waals surface area contributed by atoms with Crippen molar-refractivity contribution in [3.63, 3.8) is 0 Å². The van der Waals surface area contributed by atoms with Crippen LogP contribution in [0.2, 0.25) is 0 Å². The number of carbonyl (C=O) groups excluding carboxylic acids is 1.